The van der Waals surface area contributed by atoms with Gasteiger partial charge in [0.25, 0.3) is 5.91 Å². The summed E-state index contributed by atoms with van der Waals surface area (Å²) >= 11 is 0. The number of ether oxygens (including phenoxy) is 1. The van der Waals surface area contributed by atoms with E-state index in [0.717, 1.165) is 12.1 Å². The number of amides is 1. The smallest absolute Gasteiger partial charge is 0.263 e. The number of hydrogen-bond acceptors (Lipinski definition) is 3. The van der Waals surface area contributed by atoms with E-state index < -0.39 is 0 Å². The summed E-state index contributed by atoms with van der Waals surface area (Å²) in [7, 11) is 0. The zero-order chi connectivity index (χ0) is 15.2. The molecule has 0 aliphatic rings. The molecule has 2 rings (SSSR count). The van der Waals surface area contributed by atoms with Crippen LogP contribution < -0.4 is 10.1 Å². The molecule has 1 amide bonds. The number of hydrogen-bond donors (Lipinski definition) is 1. The summed E-state index contributed by atoms with van der Waals surface area (Å²) in [4.78, 5) is 11.9. The molecular formula is C16H21N3O2. The van der Waals surface area contributed by atoms with Gasteiger partial charge in [0, 0.05) is 12.6 Å². The van der Waals surface area contributed by atoms with Crippen molar-refractivity contribution in [1.82, 2.24) is 9.78 Å². The number of nitrogens with one attached hydrogen (secondary N) is 1. The molecule has 0 aliphatic heterocycles. The van der Waals surface area contributed by atoms with Crippen LogP contribution in [0.15, 0.2) is 36.5 Å². The number of nitrogens with zero attached hydrogens (tertiary/aromatic N) is 2. The Labute approximate surface area is 124 Å². The first-order valence-corrected chi connectivity index (χ1v) is 7.05. The quantitative estimate of drug-likeness (QED) is 0.888. The largest absolute Gasteiger partial charge is 0.484 e. The summed E-state index contributed by atoms with van der Waals surface area (Å²) in [6.07, 6.45) is 1.68. The van der Waals surface area contributed by atoms with Crippen LogP contribution in [0.25, 0.3) is 0 Å². The standard InChI is InChI=1S/C16H21N3O2/c1-12(2)10-19-15(8-9-17-19)18-16(20)11-21-14-6-4-13(3)5-7-14/h4-9,12H,10-11H2,1-3H3,(H,18,20). The molecule has 0 saturated heterocycles. The first-order valence-electron chi connectivity index (χ1n) is 7.05. The lowest BCUT2D eigenvalue weighted by atomic mass is 10.2. The Balaban J connectivity index is 1.87. The van der Waals surface area contributed by atoms with Crippen molar-refractivity contribution in [3.8, 4) is 5.75 Å². The van der Waals surface area contributed by atoms with Gasteiger partial charge in [0.15, 0.2) is 6.61 Å². The van der Waals surface area contributed by atoms with Gasteiger partial charge in [-0.15, -0.1) is 0 Å². The Bertz CT molecular complexity index is 588. The van der Waals surface area contributed by atoms with E-state index in [1.165, 1.54) is 0 Å². The predicted molar refractivity (Wildman–Crippen MR) is 82.4 cm³/mol. The summed E-state index contributed by atoms with van der Waals surface area (Å²) in [6.45, 7) is 6.96. The predicted octanol–water partition coefficient (Wildman–Crippen LogP) is 2.87. The average molecular weight is 287 g/mol. The summed E-state index contributed by atoms with van der Waals surface area (Å²) in [5, 5.41) is 7.01. The molecule has 0 radical (unpaired) electrons. The maximum absolute atomic E-state index is 11.9. The fraction of sp³-hybridized carbons (Fsp3) is 0.375. The molecule has 1 aromatic carbocycles. The third-order valence-corrected chi connectivity index (χ3v) is 2.91. The zero-order valence-corrected chi connectivity index (χ0v) is 12.7. The molecule has 0 saturated carbocycles. The lowest BCUT2D eigenvalue weighted by molar-refractivity contribution is -0.118. The van der Waals surface area contributed by atoms with Crippen LogP contribution in [0, 0.1) is 12.8 Å². The van der Waals surface area contributed by atoms with Gasteiger partial charge in [0.1, 0.15) is 11.6 Å². The molecule has 0 unspecified atom stereocenters. The van der Waals surface area contributed by atoms with Gasteiger partial charge in [0.05, 0.1) is 6.20 Å². The van der Waals surface area contributed by atoms with E-state index in [-0.39, 0.29) is 12.5 Å². The molecule has 0 fully saturated rings. The second-order valence-electron chi connectivity index (χ2n) is 5.44. The van der Waals surface area contributed by atoms with Gasteiger partial charge >= 0.3 is 0 Å². The van der Waals surface area contributed by atoms with Crippen LogP contribution in [0.3, 0.4) is 0 Å². The maximum Gasteiger partial charge on any atom is 0.263 e. The summed E-state index contributed by atoms with van der Waals surface area (Å²) in [5.74, 6) is 1.65. The van der Waals surface area contributed by atoms with Crippen LogP contribution in [0.1, 0.15) is 19.4 Å². The van der Waals surface area contributed by atoms with Crippen molar-refractivity contribution in [3.63, 3.8) is 0 Å². The number of anilines is 1. The number of carbonyl (C=O) groups is 1. The number of aryl methyl sites for hydroxylation is 1. The molecule has 0 aliphatic carbocycles. The van der Waals surface area contributed by atoms with Crippen molar-refractivity contribution in [2.24, 2.45) is 5.92 Å². The molecular weight excluding hydrogens is 266 g/mol. The van der Waals surface area contributed by atoms with Gasteiger partial charge in [-0.1, -0.05) is 31.5 Å². The first-order chi connectivity index (χ1) is 10.0. The number of carbonyl (C=O) groups excluding carboxylic acids is 1. The molecule has 5 heteroatoms. The summed E-state index contributed by atoms with van der Waals surface area (Å²) in [6, 6.07) is 9.39. The van der Waals surface area contributed by atoms with E-state index in [2.05, 4.69) is 24.3 Å². The van der Waals surface area contributed by atoms with E-state index in [1.807, 2.05) is 31.2 Å². The number of aromatic nitrogens is 2. The highest BCUT2D eigenvalue weighted by Crippen LogP contribution is 2.12. The topological polar surface area (TPSA) is 56.1 Å². The van der Waals surface area contributed by atoms with Crippen LogP contribution >= 0.6 is 0 Å². The minimum atomic E-state index is -0.193. The van der Waals surface area contributed by atoms with Gasteiger partial charge in [0.2, 0.25) is 0 Å². The SMILES string of the molecule is Cc1ccc(OCC(=O)Nc2ccnn2CC(C)C)cc1. The minimum Gasteiger partial charge on any atom is -0.484 e. The third kappa shape index (κ3) is 4.63. The van der Waals surface area contributed by atoms with Gasteiger partial charge in [-0.05, 0) is 25.0 Å². The monoisotopic (exact) mass is 287 g/mol. The van der Waals surface area contributed by atoms with Crippen LogP contribution in [0.5, 0.6) is 5.75 Å². The first kappa shape index (κ1) is 15.1. The van der Waals surface area contributed by atoms with Gasteiger partial charge in [-0.2, -0.15) is 5.10 Å². The zero-order valence-electron chi connectivity index (χ0n) is 12.7. The summed E-state index contributed by atoms with van der Waals surface area (Å²) < 4.78 is 7.24. The van der Waals surface area contributed by atoms with Gasteiger partial charge < -0.3 is 10.1 Å². The van der Waals surface area contributed by atoms with Crippen molar-refractivity contribution in [2.75, 3.05) is 11.9 Å². The normalized spacial score (nSPS) is 10.7. The van der Waals surface area contributed by atoms with Crippen molar-refractivity contribution < 1.29 is 9.53 Å². The molecule has 5 nitrogen and oxygen atoms in total. The van der Waals surface area contributed by atoms with Gasteiger partial charge in [-0.25, -0.2) is 4.68 Å². The minimum absolute atomic E-state index is 0.0179. The second-order valence-corrected chi connectivity index (χ2v) is 5.44. The Hall–Kier alpha value is -2.30. The van der Waals surface area contributed by atoms with Crippen molar-refractivity contribution in [2.45, 2.75) is 27.3 Å². The highest BCUT2D eigenvalue weighted by atomic mass is 16.5. The Morgan fingerprint density at radius 1 is 1.29 bits per heavy atom. The third-order valence-electron chi connectivity index (χ3n) is 2.91. The van der Waals surface area contributed by atoms with Gasteiger partial charge in [-0.3, -0.25) is 4.79 Å². The molecule has 1 heterocycles. The Morgan fingerprint density at radius 3 is 2.67 bits per heavy atom. The average Bonchev–Trinajstić information content (AvgIpc) is 2.84. The van der Waals surface area contributed by atoms with E-state index in [1.54, 1.807) is 16.9 Å². The van der Waals surface area contributed by atoms with Crippen molar-refractivity contribution >= 4 is 11.7 Å². The molecule has 1 aromatic heterocycles. The van der Waals surface area contributed by atoms with Crippen LogP contribution in [-0.2, 0) is 11.3 Å². The van der Waals surface area contributed by atoms with Crippen LogP contribution in [-0.4, -0.2) is 22.3 Å². The summed E-state index contributed by atoms with van der Waals surface area (Å²) in [5.41, 5.74) is 1.16. The van der Waals surface area contributed by atoms with Crippen molar-refractivity contribution in [1.29, 1.82) is 0 Å². The molecule has 21 heavy (non-hydrogen) atoms. The second kappa shape index (κ2) is 6.92. The fourth-order valence-corrected chi connectivity index (χ4v) is 1.89. The highest BCUT2D eigenvalue weighted by molar-refractivity contribution is 5.91. The van der Waals surface area contributed by atoms with E-state index in [0.29, 0.717) is 17.5 Å². The van der Waals surface area contributed by atoms with E-state index >= 15 is 0 Å². The molecule has 1 N–H and O–H groups in total. The van der Waals surface area contributed by atoms with Crippen LogP contribution in [0.2, 0.25) is 0 Å². The van der Waals surface area contributed by atoms with Crippen molar-refractivity contribution in [3.05, 3.63) is 42.1 Å². The maximum atomic E-state index is 11.9. The highest BCUT2D eigenvalue weighted by Gasteiger charge is 2.09. The Morgan fingerprint density at radius 2 is 2.00 bits per heavy atom. The molecule has 0 spiro atoms. The molecule has 112 valence electrons. The lowest BCUT2D eigenvalue weighted by Crippen LogP contribution is -2.22. The van der Waals surface area contributed by atoms with E-state index in [4.69, 9.17) is 4.74 Å². The number of rotatable bonds is 6. The molecule has 2 aromatic rings. The lowest BCUT2D eigenvalue weighted by Gasteiger charge is -2.11. The molecule has 0 atom stereocenters. The molecule has 0 bridgehead atoms. The van der Waals surface area contributed by atoms with E-state index in [9.17, 15) is 4.79 Å². The van der Waals surface area contributed by atoms with Crippen LogP contribution in [0.4, 0.5) is 5.82 Å². The fourth-order valence-electron chi connectivity index (χ4n) is 1.89. The number of benzene rings is 1. The Kier molecular flexibility index (Phi) is 4.98.